The SMILES string of the molecule is COc1ccc(S(=O)(=O)N2CCN(c3nc(COc4ccc(C#N)cc4)no3)CC2)cc1. The number of nitrogens with zero attached hydrogens (tertiary/aromatic N) is 5. The third-order valence-electron chi connectivity index (χ3n) is 5.02. The van der Waals surface area contributed by atoms with Gasteiger partial charge in [0, 0.05) is 26.2 Å². The number of methoxy groups -OCH3 is 1. The fourth-order valence-corrected chi connectivity index (χ4v) is 4.64. The number of aromatic nitrogens is 2. The Morgan fingerprint density at radius 2 is 1.69 bits per heavy atom. The Kier molecular flexibility index (Phi) is 6.25. The summed E-state index contributed by atoms with van der Waals surface area (Å²) in [6.45, 7) is 1.56. The van der Waals surface area contributed by atoms with Crippen molar-refractivity contribution in [3.8, 4) is 17.6 Å². The van der Waals surface area contributed by atoms with Crippen LogP contribution in [-0.4, -0.2) is 56.2 Å². The van der Waals surface area contributed by atoms with Gasteiger partial charge in [0.1, 0.15) is 11.5 Å². The van der Waals surface area contributed by atoms with E-state index in [1.165, 1.54) is 11.4 Å². The van der Waals surface area contributed by atoms with Crippen molar-refractivity contribution >= 4 is 16.0 Å². The number of hydrogen-bond acceptors (Lipinski definition) is 9. The Balaban J connectivity index is 1.33. The van der Waals surface area contributed by atoms with E-state index in [0.29, 0.717) is 55.1 Å². The third kappa shape index (κ3) is 4.66. The van der Waals surface area contributed by atoms with Crippen LogP contribution in [0.2, 0.25) is 0 Å². The standard InChI is InChI=1S/C21H21N5O5S/c1-29-17-6-8-19(9-7-17)32(27,28)26-12-10-25(11-13-26)21-23-20(24-31-21)15-30-18-4-2-16(14-22)3-5-18/h2-9H,10-13,15H2,1H3. The van der Waals surface area contributed by atoms with Gasteiger partial charge in [0.2, 0.25) is 15.8 Å². The van der Waals surface area contributed by atoms with Gasteiger partial charge in [0.05, 0.1) is 23.6 Å². The highest BCUT2D eigenvalue weighted by Gasteiger charge is 2.30. The monoisotopic (exact) mass is 455 g/mol. The molecule has 0 radical (unpaired) electrons. The van der Waals surface area contributed by atoms with Crippen LogP contribution >= 0.6 is 0 Å². The van der Waals surface area contributed by atoms with Crippen LogP contribution < -0.4 is 14.4 Å². The second kappa shape index (κ2) is 9.25. The molecule has 2 aromatic carbocycles. The third-order valence-corrected chi connectivity index (χ3v) is 6.93. The van der Waals surface area contributed by atoms with Gasteiger partial charge in [-0.3, -0.25) is 0 Å². The summed E-state index contributed by atoms with van der Waals surface area (Å²) in [6, 6.07) is 15.4. The molecule has 11 heteroatoms. The molecular weight excluding hydrogens is 434 g/mol. The normalized spacial score (nSPS) is 14.7. The van der Waals surface area contributed by atoms with Crippen molar-refractivity contribution in [2.24, 2.45) is 0 Å². The molecule has 32 heavy (non-hydrogen) atoms. The van der Waals surface area contributed by atoms with Crippen LogP contribution in [0.25, 0.3) is 0 Å². The largest absolute Gasteiger partial charge is 0.497 e. The van der Waals surface area contributed by atoms with Crippen molar-refractivity contribution in [1.29, 1.82) is 5.26 Å². The lowest BCUT2D eigenvalue weighted by molar-refractivity contribution is 0.286. The first kappa shape index (κ1) is 21.6. The second-order valence-corrected chi connectivity index (χ2v) is 8.92. The van der Waals surface area contributed by atoms with E-state index in [4.69, 9.17) is 19.3 Å². The first-order valence-corrected chi connectivity index (χ1v) is 11.3. The average Bonchev–Trinajstić information content (AvgIpc) is 3.32. The highest BCUT2D eigenvalue weighted by Crippen LogP contribution is 2.22. The van der Waals surface area contributed by atoms with Gasteiger partial charge in [-0.25, -0.2) is 8.42 Å². The summed E-state index contributed by atoms with van der Waals surface area (Å²) in [4.78, 5) is 6.41. The van der Waals surface area contributed by atoms with Crippen molar-refractivity contribution in [2.75, 3.05) is 38.2 Å². The van der Waals surface area contributed by atoms with Crippen LogP contribution in [0.3, 0.4) is 0 Å². The molecule has 1 aliphatic rings. The molecule has 0 unspecified atom stereocenters. The van der Waals surface area contributed by atoms with Gasteiger partial charge in [0.15, 0.2) is 6.61 Å². The highest BCUT2D eigenvalue weighted by atomic mass is 32.2. The molecule has 1 saturated heterocycles. The minimum atomic E-state index is -3.59. The molecule has 0 aliphatic carbocycles. The smallest absolute Gasteiger partial charge is 0.324 e. The number of nitriles is 1. The zero-order chi connectivity index (χ0) is 22.6. The van der Waals surface area contributed by atoms with Gasteiger partial charge in [-0.2, -0.15) is 14.6 Å². The van der Waals surface area contributed by atoms with Crippen LogP contribution in [0, 0.1) is 11.3 Å². The maximum atomic E-state index is 12.9. The molecular formula is C21H21N5O5S. The number of benzene rings is 2. The van der Waals surface area contributed by atoms with Crippen molar-refractivity contribution in [3.05, 3.63) is 59.9 Å². The zero-order valence-electron chi connectivity index (χ0n) is 17.3. The average molecular weight is 455 g/mol. The topological polar surface area (TPSA) is 122 Å². The van der Waals surface area contributed by atoms with Gasteiger partial charge in [-0.05, 0) is 48.5 Å². The first-order valence-electron chi connectivity index (χ1n) is 9.84. The zero-order valence-corrected chi connectivity index (χ0v) is 18.2. The number of piperazine rings is 1. The summed E-state index contributed by atoms with van der Waals surface area (Å²) in [5, 5.41) is 12.8. The summed E-state index contributed by atoms with van der Waals surface area (Å²) in [5.41, 5.74) is 0.548. The molecule has 0 bridgehead atoms. The second-order valence-electron chi connectivity index (χ2n) is 6.98. The first-order chi connectivity index (χ1) is 15.5. The number of rotatable bonds is 7. The Morgan fingerprint density at radius 1 is 1.03 bits per heavy atom. The Morgan fingerprint density at radius 3 is 2.31 bits per heavy atom. The van der Waals surface area contributed by atoms with Gasteiger partial charge >= 0.3 is 6.01 Å². The van der Waals surface area contributed by atoms with Gasteiger partial charge in [-0.15, -0.1) is 0 Å². The van der Waals surface area contributed by atoms with Crippen LogP contribution in [0.1, 0.15) is 11.4 Å². The predicted molar refractivity (Wildman–Crippen MR) is 114 cm³/mol. The number of sulfonamides is 1. The minimum Gasteiger partial charge on any atom is -0.497 e. The molecule has 0 N–H and O–H groups in total. The molecule has 1 fully saturated rings. The van der Waals surface area contributed by atoms with E-state index in [1.807, 2.05) is 11.0 Å². The molecule has 4 rings (SSSR count). The minimum absolute atomic E-state index is 0.112. The molecule has 3 aromatic rings. The number of ether oxygens (including phenoxy) is 2. The van der Waals surface area contributed by atoms with Crippen LogP contribution in [0.5, 0.6) is 11.5 Å². The van der Waals surface area contributed by atoms with Crippen molar-refractivity contribution in [1.82, 2.24) is 14.4 Å². The molecule has 1 aliphatic heterocycles. The van der Waals surface area contributed by atoms with E-state index in [9.17, 15) is 8.42 Å². The summed E-state index contributed by atoms with van der Waals surface area (Å²) in [6.07, 6.45) is 0. The molecule has 10 nitrogen and oxygen atoms in total. The lowest BCUT2D eigenvalue weighted by Gasteiger charge is -2.32. The molecule has 1 aromatic heterocycles. The Hall–Kier alpha value is -3.62. The molecule has 2 heterocycles. The fraction of sp³-hybridized carbons (Fsp3) is 0.286. The maximum Gasteiger partial charge on any atom is 0.324 e. The number of anilines is 1. The molecule has 0 amide bonds. The Labute approximate surface area is 185 Å². The summed E-state index contributed by atoms with van der Waals surface area (Å²) in [7, 11) is -2.05. The quantitative estimate of drug-likeness (QED) is 0.527. The van der Waals surface area contributed by atoms with Crippen molar-refractivity contribution in [2.45, 2.75) is 11.5 Å². The van der Waals surface area contributed by atoms with Crippen LogP contribution in [0.15, 0.2) is 57.9 Å². The van der Waals surface area contributed by atoms with E-state index in [0.717, 1.165) is 0 Å². The maximum absolute atomic E-state index is 12.9. The van der Waals surface area contributed by atoms with Crippen molar-refractivity contribution in [3.63, 3.8) is 0 Å². The lowest BCUT2D eigenvalue weighted by atomic mass is 10.2. The summed E-state index contributed by atoms with van der Waals surface area (Å²) < 4.78 is 43.2. The van der Waals surface area contributed by atoms with Gasteiger partial charge in [-0.1, -0.05) is 5.16 Å². The van der Waals surface area contributed by atoms with E-state index in [-0.39, 0.29) is 11.5 Å². The van der Waals surface area contributed by atoms with E-state index >= 15 is 0 Å². The van der Waals surface area contributed by atoms with E-state index in [2.05, 4.69) is 10.1 Å². The van der Waals surface area contributed by atoms with Crippen LogP contribution in [0.4, 0.5) is 6.01 Å². The fourth-order valence-electron chi connectivity index (χ4n) is 3.22. The Bertz CT molecular complexity index is 1190. The summed E-state index contributed by atoms with van der Waals surface area (Å²) >= 11 is 0. The van der Waals surface area contributed by atoms with E-state index in [1.54, 1.807) is 48.5 Å². The number of hydrogen-bond donors (Lipinski definition) is 0. The van der Waals surface area contributed by atoms with Gasteiger partial charge in [0.25, 0.3) is 0 Å². The highest BCUT2D eigenvalue weighted by molar-refractivity contribution is 7.89. The van der Waals surface area contributed by atoms with Crippen molar-refractivity contribution < 1.29 is 22.4 Å². The lowest BCUT2D eigenvalue weighted by Crippen LogP contribution is -2.48. The predicted octanol–water partition coefficient (Wildman–Crippen LogP) is 2.04. The van der Waals surface area contributed by atoms with E-state index < -0.39 is 10.0 Å². The molecule has 0 saturated carbocycles. The summed E-state index contributed by atoms with van der Waals surface area (Å²) in [5.74, 6) is 1.56. The van der Waals surface area contributed by atoms with Crippen LogP contribution in [-0.2, 0) is 16.6 Å². The molecule has 166 valence electrons. The molecule has 0 atom stereocenters. The molecule has 0 spiro atoms. The van der Waals surface area contributed by atoms with Gasteiger partial charge < -0.3 is 18.9 Å².